The van der Waals surface area contributed by atoms with Gasteiger partial charge in [-0.15, -0.1) is 0 Å². The van der Waals surface area contributed by atoms with E-state index in [2.05, 4.69) is 0 Å². The Labute approximate surface area is 181 Å². The van der Waals surface area contributed by atoms with Crippen LogP contribution in [0.25, 0.3) is 0 Å². The molecular formula is C23H32O8. The first-order chi connectivity index (χ1) is 14.3. The van der Waals surface area contributed by atoms with Gasteiger partial charge in [0.1, 0.15) is 6.10 Å². The molecule has 2 N–H and O–H groups in total. The van der Waals surface area contributed by atoms with Gasteiger partial charge in [0.05, 0.1) is 23.7 Å². The van der Waals surface area contributed by atoms with E-state index >= 15 is 0 Å². The van der Waals surface area contributed by atoms with Crippen molar-refractivity contribution in [3.63, 3.8) is 0 Å². The summed E-state index contributed by atoms with van der Waals surface area (Å²) in [4.78, 5) is 37.6. The average molecular weight is 437 g/mol. The van der Waals surface area contributed by atoms with Gasteiger partial charge in [0.25, 0.3) is 6.47 Å². The maximum atomic E-state index is 14.1. The second-order valence-electron chi connectivity index (χ2n) is 10.5. The van der Waals surface area contributed by atoms with Crippen molar-refractivity contribution in [2.75, 3.05) is 6.61 Å². The number of hydrogen-bond donors (Lipinski definition) is 2. The molecule has 0 spiro atoms. The number of rotatable bonds is 3. The molecule has 3 unspecified atom stereocenters. The molecule has 0 radical (unpaired) electrons. The molecule has 172 valence electrons. The van der Waals surface area contributed by atoms with E-state index < -0.39 is 58.0 Å². The molecule has 4 rings (SSSR count). The highest BCUT2D eigenvalue weighted by Gasteiger charge is 2.73. The molecular weight excluding hydrogens is 404 g/mol. The van der Waals surface area contributed by atoms with Gasteiger partial charge in [-0.1, -0.05) is 19.4 Å². The normalized spacial score (nSPS) is 46.0. The highest BCUT2D eigenvalue weighted by atomic mass is 16.6. The number of fused-ring (bicyclic) bond motifs is 5. The summed E-state index contributed by atoms with van der Waals surface area (Å²) in [6.07, 6.45) is -1.64. The first-order valence-corrected chi connectivity index (χ1v) is 10.9. The van der Waals surface area contributed by atoms with Gasteiger partial charge in [0, 0.05) is 24.7 Å². The zero-order valence-corrected chi connectivity index (χ0v) is 18.8. The van der Waals surface area contributed by atoms with Crippen LogP contribution in [-0.4, -0.2) is 64.6 Å². The summed E-state index contributed by atoms with van der Waals surface area (Å²) in [5.74, 6) is -1.64. The highest BCUT2D eigenvalue weighted by molar-refractivity contribution is 5.94. The van der Waals surface area contributed by atoms with Crippen LogP contribution < -0.4 is 0 Å². The molecule has 2 bridgehead atoms. The predicted octanol–water partition coefficient (Wildman–Crippen LogP) is 1.46. The van der Waals surface area contributed by atoms with E-state index in [-0.39, 0.29) is 25.9 Å². The molecule has 0 amide bonds. The minimum atomic E-state index is -1.41. The lowest BCUT2D eigenvalue weighted by atomic mass is 9.46. The minimum Gasteiger partial charge on any atom is -0.454 e. The van der Waals surface area contributed by atoms with Crippen LogP contribution in [0, 0.1) is 16.7 Å². The Kier molecular flexibility index (Phi) is 4.96. The number of Topliss-reactive ketones (excluding diaryl/α,β-unsaturated/α-hetero) is 1. The number of esters is 1. The first-order valence-electron chi connectivity index (χ1n) is 10.9. The van der Waals surface area contributed by atoms with Crippen LogP contribution in [0.15, 0.2) is 11.1 Å². The fraction of sp³-hybridized carbons (Fsp3) is 0.783. The molecule has 31 heavy (non-hydrogen) atoms. The average Bonchev–Trinajstić information content (AvgIpc) is 2.67. The van der Waals surface area contributed by atoms with Crippen molar-refractivity contribution in [1.29, 1.82) is 0 Å². The van der Waals surface area contributed by atoms with Crippen molar-refractivity contribution in [3.8, 4) is 0 Å². The Bertz CT molecular complexity index is 862. The summed E-state index contributed by atoms with van der Waals surface area (Å²) < 4.78 is 16.9. The smallest absolute Gasteiger partial charge is 0.303 e. The molecule has 0 aromatic carbocycles. The molecule has 1 aliphatic heterocycles. The Morgan fingerprint density at radius 2 is 1.97 bits per heavy atom. The summed E-state index contributed by atoms with van der Waals surface area (Å²) in [6.45, 7) is 8.88. The summed E-state index contributed by atoms with van der Waals surface area (Å²) in [5, 5.41) is 23.2. The maximum Gasteiger partial charge on any atom is 0.303 e. The third kappa shape index (κ3) is 2.74. The lowest BCUT2D eigenvalue weighted by Crippen LogP contribution is -2.77. The van der Waals surface area contributed by atoms with Crippen LogP contribution in [-0.2, 0) is 28.6 Å². The van der Waals surface area contributed by atoms with E-state index in [1.807, 2.05) is 20.8 Å². The summed E-state index contributed by atoms with van der Waals surface area (Å²) in [5.41, 5.74) is -3.17. The number of allylic oxidation sites excluding steroid dienone is 1. The number of ether oxygens (including phenoxy) is 3. The lowest BCUT2D eigenvalue weighted by Gasteiger charge is -2.65. The van der Waals surface area contributed by atoms with E-state index in [1.54, 1.807) is 6.92 Å². The molecule has 2 saturated carbocycles. The van der Waals surface area contributed by atoms with Crippen molar-refractivity contribution >= 4 is 18.2 Å². The van der Waals surface area contributed by atoms with Crippen molar-refractivity contribution in [2.24, 2.45) is 16.7 Å². The van der Waals surface area contributed by atoms with Crippen LogP contribution in [0.5, 0.6) is 0 Å². The fourth-order valence-electron chi connectivity index (χ4n) is 6.77. The van der Waals surface area contributed by atoms with Gasteiger partial charge in [-0.2, -0.15) is 0 Å². The molecule has 7 atom stereocenters. The number of aliphatic hydroxyl groups is 2. The van der Waals surface area contributed by atoms with Gasteiger partial charge >= 0.3 is 5.97 Å². The van der Waals surface area contributed by atoms with E-state index in [0.717, 1.165) is 5.57 Å². The SMILES string of the molecule is CC(=O)O[C@@]12CO[C@@H]1CC(O)[C@@]1(C)C(=O)C(OC=O)C3=C(C)CCC(O)(C[C@H]21)C3(C)C. The Hall–Kier alpha value is -1.77. The van der Waals surface area contributed by atoms with Gasteiger partial charge in [-0.3, -0.25) is 14.4 Å². The topological polar surface area (TPSA) is 119 Å². The number of carbonyl (C=O) groups excluding carboxylic acids is 3. The van der Waals surface area contributed by atoms with Gasteiger partial charge in [-0.05, 0) is 38.7 Å². The molecule has 8 nitrogen and oxygen atoms in total. The van der Waals surface area contributed by atoms with Crippen LogP contribution in [0.4, 0.5) is 0 Å². The molecule has 3 fully saturated rings. The molecule has 0 aromatic rings. The van der Waals surface area contributed by atoms with Crippen LogP contribution in [0.2, 0.25) is 0 Å². The van der Waals surface area contributed by atoms with Gasteiger partial charge < -0.3 is 24.4 Å². The van der Waals surface area contributed by atoms with E-state index in [4.69, 9.17) is 14.2 Å². The third-order valence-corrected chi connectivity index (χ3v) is 8.81. The number of hydrogen-bond acceptors (Lipinski definition) is 8. The van der Waals surface area contributed by atoms with E-state index in [9.17, 15) is 24.6 Å². The third-order valence-electron chi connectivity index (χ3n) is 8.81. The van der Waals surface area contributed by atoms with Crippen LogP contribution in [0.3, 0.4) is 0 Å². The van der Waals surface area contributed by atoms with E-state index in [0.29, 0.717) is 18.4 Å². The van der Waals surface area contributed by atoms with Gasteiger partial charge in [0.15, 0.2) is 17.5 Å². The van der Waals surface area contributed by atoms with Crippen molar-refractivity contribution in [3.05, 3.63) is 11.1 Å². The monoisotopic (exact) mass is 436 g/mol. The van der Waals surface area contributed by atoms with Crippen molar-refractivity contribution < 1.29 is 38.8 Å². The van der Waals surface area contributed by atoms with Crippen molar-refractivity contribution in [2.45, 2.75) is 89.8 Å². The number of carbonyl (C=O) groups is 3. The number of ketones is 1. The van der Waals surface area contributed by atoms with Gasteiger partial charge in [0.2, 0.25) is 0 Å². The van der Waals surface area contributed by atoms with Crippen LogP contribution in [0.1, 0.15) is 60.3 Å². The van der Waals surface area contributed by atoms with Gasteiger partial charge in [-0.25, -0.2) is 0 Å². The Morgan fingerprint density at radius 3 is 2.52 bits per heavy atom. The molecule has 3 aliphatic carbocycles. The molecule has 0 aromatic heterocycles. The van der Waals surface area contributed by atoms with Crippen molar-refractivity contribution in [1.82, 2.24) is 0 Å². The summed E-state index contributed by atoms with van der Waals surface area (Å²) >= 11 is 0. The Balaban J connectivity index is 1.97. The van der Waals surface area contributed by atoms with E-state index in [1.165, 1.54) is 6.92 Å². The first kappa shape index (κ1) is 22.4. The fourth-order valence-corrected chi connectivity index (χ4v) is 6.77. The minimum absolute atomic E-state index is 0.0922. The Morgan fingerprint density at radius 1 is 1.29 bits per heavy atom. The summed E-state index contributed by atoms with van der Waals surface area (Å²) in [7, 11) is 0. The largest absolute Gasteiger partial charge is 0.454 e. The second-order valence-corrected chi connectivity index (χ2v) is 10.5. The maximum absolute atomic E-state index is 14.1. The molecule has 8 heteroatoms. The highest BCUT2D eigenvalue weighted by Crippen LogP contribution is 2.63. The molecule has 1 heterocycles. The standard InChI is InChI=1S/C23H32O8/c1-12-6-7-22(28)9-14-21(5,19(27)18(30-11-24)17(12)20(22,3)4)15(26)8-16-23(14,10-29-16)31-13(2)25/h11,14-16,18,26,28H,6-10H2,1-5H3/t14-,15?,16+,18?,21-,22?,23+/m0/s1. The predicted molar refractivity (Wildman–Crippen MR) is 108 cm³/mol. The zero-order valence-electron chi connectivity index (χ0n) is 18.8. The molecule has 4 aliphatic rings. The summed E-state index contributed by atoms with van der Waals surface area (Å²) in [6, 6.07) is 0. The quantitative estimate of drug-likeness (QED) is 0.388. The second kappa shape index (κ2) is 6.86. The van der Waals surface area contributed by atoms with Crippen LogP contribution >= 0.6 is 0 Å². The zero-order chi connectivity index (χ0) is 23.0. The number of aliphatic hydroxyl groups excluding tert-OH is 1. The lowest BCUT2D eigenvalue weighted by molar-refractivity contribution is -0.327. The molecule has 1 saturated heterocycles.